The quantitative estimate of drug-likeness (QED) is 0.612. The molecule has 140 valence electrons. The Morgan fingerprint density at radius 1 is 1.07 bits per heavy atom. The minimum atomic E-state index is -0.882. The van der Waals surface area contributed by atoms with Crippen molar-refractivity contribution in [2.24, 2.45) is 0 Å². The van der Waals surface area contributed by atoms with Crippen molar-refractivity contribution in [3.8, 4) is 0 Å². The monoisotopic (exact) mass is 364 g/mol. The molecule has 0 bridgehead atoms. The second-order valence-electron chi connectivity index (χ2n) is 6.58. The van der Waals surface area contributed by atoms with Crippen molar-refractivity contribution < 1.29 is 14.3 Å². The van der Waals surface area contributed by atoms with Crippen LogP contribution in [-0.2, 0) is 9.53 Å². The lowest BCUT2D eigenvalue weighted by molar-refractivity contribution is -0.129. The predicted octanol–water partition coefficient (Wildman–Crippen LogP) is 4.37. The molecule has 1 aromatic heterocycles. The first-order valence-electron chi connectivity index (χ1n) is 9.22. The summed E-state index contributed by atoms with van der Waals surface area (Å²) in [6.45, 7) is 3.66. The second kappa shape index (κ2) is 8.54. The Kier molecular flexibility index (Phi) is 5.91. The molecule has 2 atom stereocenters. The number of H-pyrrole nitrogens is 1. The van der Waals surface area contributed by atoms with E-state index in [9.17, 15) is 9.59 Å². The van der Waals surface area contributed by atoms with E-state index in [2.05, 4.69) is 17.2 Å². The molecule has 3 rings (SSSR count). The number of hydrogen-bond acceptors (Lipinski definition) is 3. The van der Waals surface area contributed by atoms with Crippen molar-refractivity contribution in [2.75, 3.05) is 0 Å². The van der Waals surface area contributed by atoms with Crippen molar-refractivity contribution in [1.29, 1.82) is 0 Å². The molecule has 0 unspecified atom stereocenters. The van der Waals surface area contributed by atoms with Crippen LogP contribution in [0.3, 0.4) is 0 Å². The highest BCUT2D eigenvalue weighted by Gasteiger charge is 2.23. The smallest absolute Gasteiger partial charge is 0.355 e. The number of para-hydroxylation sites is 1. The van der Waals surface area contributed by atoms with Gasteiger partial charge in [-0.3, -0.25) is 4.79 Å². The van der Waals surface area contributed by atoms with Crippen molar-refractivity contribution in [1.82, 2.24) is 10.3 Å². The summed E-state index contributed by atoms with van der Waals surface area (Å²) in [5, 5.41) is 3.92. The van der Waals surface area contributed by atoms with E-state index in [1.165, 1.54) is 0 Å². The first-order valence-corrected chi connectivity index (χ1v) is 9.22. The number of aromatic nitrogens is 1. The highest BCUT2D eigenvalue weighted by Crippen LogP contribution is 2.19. The van der Waals surface area contributed by atoms with Crippen LogP contribution in [0.1, 0.15) is 48.8 Å². The Balaban J connectivity index is 1.64. The van der Waals surface area contributed by atoms with E-state index in [1.54, 1.807) is 13.0 Å². The predicted molar refractivity (Wildman–Crippen MR) is 105 cm³/mol. The molecule has 1 amide bonds. The van der Waals surface area contributed by atoms with Gasteiger partial charge in [-0.1, -0.05) is 61.9 Å². The lowest BCUT2D eigenvalue weighted by Crippen LogP contribution is -2.38. The molecule has 5 nitrogen and oxygen atoms in total. The molecule has 0 aliphatic heterocycles. The largest absolute Gasteiger partial charge is 0.448 e. The number of benzene rings is 2. The molecule has 0 saturated carbocycles. The maximum Gasteiger partial charge on any atom is 0.355 e. The van der Waals surface area contributed by atoms with Gasteiger partial charge < -0.3 is 15.0 Å². The Morgan fingerprint density at radius 3 is 2.48 bits per heavy atom. The van der Waals surface area contributed by atoms with Gasteiger partial charge in [-0.25, -0.2) is 4.79 Å². The van der Waals surface area contributed by atoms with Crippen LogP contribution in [0, 0.1) is 0 Å². The maximum absolute atomic E-state index is 12.5. The summed E-state index contributed by atoms with van der Waals surface area (Å²) in [5.74, 6) is -0.845. The number of aromatic amines is 1. The molecule has 0 fully saturated rings. The van der Waals surface area contributed by atoms with E-state index in [4.69, 9.17) is 4.74 Å². The third-order valence-electron chi connectivity index (χ3n) is 4.50. The average Bonchev–Trinajstić information content (AvgIpc) is 3.12. The average molecular weight is 364 g/mol. The fourth-order valence-electron chi connectivity index (χ4n) is 3.05. The van der Waals surface area contributed by atoms with E-state index in [-0.39, 0.29) is 11.9 Å². The molecule has 0 radical (unpaired) electrons. The number of fused-ring (bicyclic) bond motifs is 1. The van der Waals surface area contributed by atoms with Crippen LogP contribution in [0.4, 0.5) is 0 Å². The van der Waals surface area contributed by atoms with Gasteiger partial charge in [0.2, 0.25) is 0 Å². The molecule has 27 heavy (non-hydrogen) atoms. The van der Waals surface area contributed by atoms with Crippen LogP contribution in [-0.4, -0.2) is 23.0 Å². The van der Waals surface area contributed by atoms with Gasteiger partial charge in [-0.15, -0.1) is 0 Å². The van der Waals surface area contributed by atoms with Crippen molar-refractivity contribution in [2.45, 2.75) is 38.8 Å². The summed E-state index contributed by atoms with van der Waals surface area (Å²) in [4.78, 5) is 27.9. The van der Waals surface area contributed by atoms with E-state index in [0.29, 0.717) is 5.69 Å². The van der Waals surface area contributed by atoms with Gasteiger partial charge in [0.25, 0.3) is 5.91 Å². The molecule has 0 aliphatic carbocycles. The van der Waals surface area contributed by atoms with Gasteiger partial charge in [-0.2, -0.15) is 0 Å². The first kappa shape index (κ1) is 18.7. The normalized spacial score (nSPS) is 13.1. The summed E-state index contributed by atoms with van der Waals surface area (Å²) >= 11 is 0. The van der Waals surface area contributed by atoms with Crippen LogP contribution in [0.25, 0.3) is 10.9 Å². The highest BCUT2D eigenvalue weighted by molar-refractivity contribution is 5.96. The van der Waals surface area contributed by atoms with E-state index >= 15 is 0 Å². The molecule has 5 heteroatoms. The second-order valence-corrected chi connectivity index (χ2v) is 6.58. The lowest BCUT2D eigenvalue weighted by atomic mass is 10.0. The standard InChI is InChI=1S/C22H24N2O3/c1-3-9-18(16-10-5-4-6-11-16)24-21(25)15(2)27-22(26)20-14-17-12-7-8-13-19(17)23-20/h4-8,10-15,18,23H,3,9H2,1-2H3,(H,24,25)/t15-,18-/m0/s1. The van der Waals surface area contributed by atoms with Gasteiger partial charge in [0, 0.05) is 10.9 Å². The summed E-state index contributed by atoms with van der Waals surface area (Å²) in [6.07, 6.45) is 0.869. The molecular formula is C22H24N2O3. The van der Waals surface area contributed by atoms with Crippen LogP contribution in [0.15, 0.2) is 60.7 Å². The Morgan fingerprint density at radius 2 is 1.78 bits per heavy atom. The third-order valence-corrected chi connectivity index (χ3v) is 4.50. The number of carbonyl (C=O) groups excluding carboxylic acids is 2. The van der Waals surface area contributed by atoms with Crippen LogP contribution >= 0.6 is 0 Å². The first-order chi connectivity index (χ1) is 13.1. The molecule has 0 spiro atoms. The highest BCUT2D eigenvalue weighted by atomic mass is 16.5. The molecule has 2 aromatic carbocycles. The van der Waals surface area contributed by atoms with E-state index < -0.39 is 12.1 Å². The lowest BCUT2D eigenvalue weighted by Gasteiger charge is -2.21. The topological polar surface area (TPSA) is 71.2 Å². The van der Waals surface area contributed by atoms with Gasteiger partial charge in [0.1, 0.15) is 5.69 Å². The number of nitrogens with one attached hydrogen (secondary N) is 2. The third kappa shape index (κ3) is 4.56. The van der Waals surface area contributed by atoms with Crippen LogP contribution < -0.4 is 5.32 Å². The zero-order valence-electron chi connectivity index (χ0n) is 15.6. The molecule has 0 aliphatic rings. The molecule has 1 heterocycles. The molecule has 2 N–H and O–H groups in total. The van der Waals surface area contributed by atoms with Crippen LogP contribution in [0.5, 0.6) is 0 Å². The Bertz CT molecular complexity index is 884. The summed E-state index contributed by atoms with van der Waals surface area (Å²) in [7, 11) is 0. The Hall–Kier alpha value is -3.08. The summed E-state index contributed by atoms with van der Waals surface area (Å²) < 4.78 is 5.36. The van der Waals surface area contributed by atoms with Crippen molar-refractivity contribution >= 4 is 22.8 Å². The fraction of sp³-hybridized carbons (Fsp3) is 0.273. The van der Waals surface area contributed by atoms with Gasteiger partial charge in [-0.05, 0) is 31.0 Å². The van der Waals surface area contributed by atoms with E-state index in [0.717, 1.165) is 29.3 Å². The molecule has 0 saturated heterocycles. The SMILES string of the molecule is CCC[C@H](NC(=O)[C@H](C)OC(=O)c1cc2ccccc2[nH]1)c1ccccc1. The number of hydrogen-bond donors (Lipinski definition) is 2. The minimum absolute atomic E-state index is 0.0991. The summed E-state index contributed by atoms with van der Waals surface area (Å²) in [5.41, 5.74) is 2.24. The number of amides is 1. The molecular weight excluding hydrogens is 340 g/mol. The zero-order chi connectivity index (χ0) is 19.2. The number of rotatable bonds is 7. The number of esters is 1. The van der Waals surface area contributed by atoms with E-state index in [1.807, 2.05) is 54.6 Å². The minimum Gasteiger partial charge on any atom is -0.448 e. The van der Waals surface area contributed by atoms with Gasteiger partial charge in [0.05, 0.1) is 6.04 Å². The van der Waals surface area contributed by atoms with Gasteiger partial charge in [0.15, 0.2) is 6.10 Å². The number of carbonyl (C=O) groups is 2. The van der Waals surface area contributed by atoms with Gasteiger partial charge >= 0.3 is 5.97 Å². The summed E-state index contributed by atoms with van der Waals surface area (Å²) in [6, 6.07) is 19.0. The van der Waals surface area contributed by atoms with Crippen molar-refractivity contribution in [3.05, 3.63) is 71.9 Å². The molecule has 3 aromatic rings. The van der Waals surface area contributed by atoms with Crippen molar-refractivity contribution in [3.63, 3.8) is 0 Å². The fourth-order valence-corrected chi connectivity index (χ4v) is 3.05. The van der Waals surface area contributed by atoms with Crippen LogP contribution in [0.2, 0.25) is 0 Å². The zero-order valence-corrected chi connectivity index (χ0v) is 15.6. The number of ether oxygens (including phenoxy) is 1. The Labute approximate surface area is 158 Å². The maximum atomic E-state index is 12.5.